The molecule has 0 unspecified atom stereocenters. The monoisotopic (exact) mass is 361 g/mol. The van der Waals surface area contributed by atoms with Crippen molar-refractivity contribution in [3.8, 4) is 0 Å². The first-order valence-corrected chi connectivity index (χ1v) is 9.44. The van der Waals surface area contributed by atoms with E-state index >= 15 is 0 Å². The van der Waals surface area contributed by atoms with E-state index in [2.05, 4.69) is 90.6 Å². The summed E-state index contributed by atoms with van der Waals surface area (Å²) in [6.07, 6.45) is 2.64. The first-order chi connectivity index (χ1) is 13.1. The van der Waals surface area contributed by atoms with Crippen molar-refractivity contribution in [2.75, 3.05) is 10.2 Å². The number of para-hydroxylation sites is 1. The highest BCUT2D eigenvalue weighted by Crippen LogP contribution is 2.25. The third-order valence-electron chi connectivity index (χ3n) is 4.62. The first-order valence-electron chi connectivity index (χ1n) is 9.44. The highest BCUT2D eigenvalue weighted by Gasteiger charge is 2.16. The van der Waals surface area contributed by atoms with Crippen LogP contribution in [-0.2, 0) is 13.0 Å². The van der Waals surface area contributed by atoms with E-state index < -0.39 is 0 Å². The molecule has 3 aromatic rings. The summed E-state index contributed by atoms with van der Waals surface area (Å²) >= 11 is 0. The molecule has 0 fully saturated rings. The van der Waals surface area contributed by atoms with Gasteiger partial charge in [-0.25, -0.2) is 0 Å². The van der Waals surface area contributed by atoms with E-state index in [0.717, 1.165) is 18.7 Å². The van der Waals surface area contributed by atoms with Crippen LogP contribution in [0.5, 0.6) is 0 Å². The van der Waals surface area contributed by atoms with Gasteiger partial charge in [0.2, 0.25) is 5.95 Å². The number of rotatable bonds is 7. The third kappa shape index (κ3) is 4.61. The smallest absolute Gasteiger partial charge is 0.247 e. The van der Waals surface area contributed by atoms with Crippen molar-refractivity contribution in [1.82, 2.24) is 15.2 Å². The van der Waals surface area contributed by atoms with Gasteiger partial charge in [0.1, 0.15) is 0 Å². The van der Waals surface area contributed by atoms with E-state index in [-0.39, 0.29) is 6.04 Å². The number of aryl methyl sites for hydroxylation is 2. The summed E-state index contributed by atoms with van der Waals surface area (Å²) < 4.78 is 0. The standard InChI is InChI=1S/C22H27N5/c1-5-19-13-9-10-17(4)21(19)24-20-14-23-26-22(25-20)27(16(2)3)15-18-11-7-6-8-12-18/h6-14,16H,5,15H2,1-4H3,(H,24,25,26). The van der Waals surface area contributed by atoms with Crippen LogP contribution in [0.3, 0.4) is 0 Å². The van der Waals surface area contributed by atoms with Crippen molar-refractivity contribution in [3.05, 3.63) is 71.4 Å². The van der Waals surface area contributed by atoms with Crippen LogP contribution >= 0.6 is 0 Å². The number of hydrogen-bond acceptors (Lipinski definition) is 5. The van der Waals surface area contributed by atoms with Crippen molar-refractivity contribution >= 4 is 17.5 Å². The van der Waals surface area contributed by atoms with E-state index in [1.54, 1.807) is 6.20 Å². The van der Waals surface area contributed by atoms with Gasteiger partial charge >= 0.3 is 0 Å². The lowest BCUT2D eigenvalue weighted by Gasteiger charge is -2.26. The molecule has 0 spiro atoms. The Morgan fingerprint density at radius 3 is 2.52 bits per heavy atom. The maximum atomic E-state index is 4.74. The minimum absolute atomic E-state index is 0.256. The van der Waals surface area contributed by atoms with Crippen LogP contribution in [0.1, 0.15) is 37.5 Å². The topological polar surface area (TPSA) is 53.9 Å². The second-order valence-electron chi connectivity index (χ2n) is 6.94. The fourth-order valence-electron chi connectivity index (χ4n) is 3.07. The second kappa shape index (κ2) is 8.62. The molecule has 0 saturated carbocycles. The Hall–Kier alpha value is -2.95. The number of benzene rings is 2. The predicted octanol–water partition coefficient (Wildman–Crippen LogP) is 4.90. The SMILES string of the molecule is CCc1cccc(C)c1Nc1cnnc(N(Cc2ccccc2)C(C)C)n1. The molecule has 0 amide bonds. The Bertz CT molecular complexity index is 877. The normalized spacial score (nSPS) is 10.9. The summed E-state index contributed by atoms with van der Waals surface area (Å²) in [5.74, 6) is 1.34. The fraction of sp³-hybridized carbons (Fsp3) is 0.318. The number of anilines is 3. The molecule has 1 heterocycles. The summed E-state index contributed by atoms with van der Waals surface area (Å²) in [5, 5.41) is 11.9. The third-order valence-corrected chi connectivity index (χ3v) is 4.62. The summed E-state index contributed by atoms with van der Waals surface area (Å²) in [6, 6.07) is 16.9. The average Bonchev–Trinajstić information content (AvgIpc) is 2.68. The Kier molecular flexibility index (Phi) is 6.01. The molecule has 27 heavy (non-hydrogen) atoms. The van der Waals surface area contributed by atoms with E-state index in [4.69, 9.17) is 4.98 Å². The molecular weight excluding hydrogens is 334 g/mol. The van der Waals surface area contributed by atoms with Crippen LogP contribution in [0.2, 0.25) is 0 Å². The lowest BCUT2D eigenvalue weighted by atomic mass is 10.1. The molecule has 0 bridgehead atoms. The summed E-state index contributed by atoms with van der Waals surface area (Å²) in [4.78, 5) is 6.90. The van der Waals surface area contributed by atoms with Gasteiger partial charge < -0.3 is 10.2 Å². The van der Waals surface area contributed by atoms with Crippen LogP contribution in [0, 0.1) is 6.92 Å². The molecule has 0 aliphatic rings. The lowest BCUT2D eigenvalue weighted by Crippen LogP contribution is -2.32. The Balaban J connectivity index is 1.88. The Morgan fingerprint density at radius 2 is 1.81 bits per heavy atom. The van der Waals surface area contributed by atoms with Crippen molar-refractivity contribution in [2.45, 2.75) is 46.7 Å². The maximum Gasteiger partial charge on any atom is 0.247 e. The van der Waals surface area contributed by atoms with Crippen LogP contribution in [-0.4, -0.2) is 21.2 Å². The minimum atomic E-state index is 0.256. The van der Waals surface area contributed by atoms with E-state index in [9.17, 15) is 0 Å². The molecule has 140 valence electrons. The minimum Gasteiger partial charge on any atom is -0.338 e. The number of aromatic nitrogens is 3. The van der Waals surface area contributed by atoms with Gasteiger partial charge in [0.15, 0.2) is 5.82 Å². The number of nitrogens with zero attached hydrogens (tertiary/aromatic N) is 4. The molecule has 3 rings (SSSR count). The van der Waals surface area contributed by atoms with Crippen LogP contribution in [0.15, 0.2) is 54.7 Å². The molecule has 0 saturated heterocycles. The average molecular weight is 361 g/mol. The maximum absolute atomic E-state index is 4.74. The summed E-state index contributed by atoms with van der Waals surface area (Å²) in [5.41, 5.74) is 4.78. The van der Waals surface area contributed by atoms with Crippen molar-refractivity contribution in [2.24, 2.45) is 0 Å². The van der Waals surface area contributed by atoms with E-state index in [0.29, 0.717) is 11.8 Å². The molecule has 2 aromatic carbocycles. The van der Waals surface area contributed by atoms with Gasteiger partial charge in [-0.1, -0.05) is 55.5 Å². The quantitative estimate of drug-likeness (QED) is 0.648. The molecule has 5 heteroatoms. The van der Waals surface area contributed by atoms with Crippen LogP contribution in [0.25, 0.3) is 0 Å². The zero-order chi connectivity index (χ0) is 19.2. The number of nitrogens with one attached hydrogen (secondary N) is 1. The second-order valence-corrected chi connectivity index (χ2v) is 6.94. The van der Waals surface area contributed by atoms with E-state index in [1.807, 2.05) is 6.07 Å². The lowest BCUT2D eigenvalue weighted by molar-refractivity contribution is 0.653. The van der Waals surface area contributed by atoms with Crippen LogP contribution in [0.4, 0.5) is 17.5 Å². The van der Waals surface area contributed by atoms with Crippen molar-refractivity contribution in [1.29, 1.82) is 0 Å². The molecular formula is C22H27N5. The fourth-order valence-corrected chi connectivity index (χ4v) is 3.07. The Labute approximate surface area is 161 Å². The van der Waals surface area contributed by atoms with Gasteiger partial charge in [-0.3, -0.25) is 0 Å². The van der Waals surface area contributed by atoms with Crippen molar-refractivity contribution in [3.63, 3.8) is 0 Å². The van der Waals surface area contributed by atoms with Gasteiger partial charge in [-0.15, -0.1) is 5.10 Å². The zero-order valence-electron chi connectivity index (χ0n) is 16.5. The zero-order valence-corrected chi connectivity index (χ0v) is 16.5. The summed E-state index contributed by atoms with van der Waals surface area (Å²) in [6.45, 7) is 9.29. The van der Waals surface area contributed by atoms with Gasteiger partial charge in [0, 0.05) is 18.3 Å². The first kappa shape index (κ1) is 18.8. The molecule has 0 aliphatic carbocycles. The molecule has 0 aliphatic heterocycles. The predicted molar refractivity (Wildman–Crippen MR) is 111 cm³/mol. The van der Waals surface area contributed by atoms with Gasteiger partial charge in [0.25, 0.3) is 0 Å². The van der Waals surface area contributed by atoms with Gasteiger partial charge in [-0.05, 0) is 43.9 Å². The van der Waals surface area contributed by atoms with E-state index in [1.165, 1.54) is 16.7 Å². The number of hydrogen-bond donors (Lipinski definition) is 1. The molecule has 1 N–H and O–H groups in total. The van der Waals surface area contributed by atoms with Gasteiger partial charge in [0.05, 0.1) is 6.20 Å². The molecule has 0 atom stereocenters. The molecule has 1 aromatic heterocycles. The Morgan fingerprint density at radius 1 is 1.04 bits per heavy atom. The van der Waals surface area contributed by atoms with Crippen LogP contribution < -0.4 is 10.2 Å². The van der Waals surface area contributed by atoms with Gasteiger partial charge in [-0.2, -0.15) is 10.1 Å². The van der Waals surface area contributed by atoms with Crippen molar-refractivity contribution < 1.29 is 0 Å². The molecule has 0 radical (unpaired) electrons. The highest BCUT2D eigenvalue weighted by molar-refractivity contribution is 5.64. The summed E-state index contributed by atoms with van der Waals surface area (Å²) in [7, 11) is 0. The largest absolute Gasteiger partial charge is 0.338 e. The molecule has 5 nitrogen and oxygen atoms in total. The highest BCUT2D eigenvalue weighted by atomic mass is 15.3.